The first-order valence-corrected chi connectivity index (χ1v) is 5.20. The molecule has 0 radical (unpaired) electrons. The molecule has 1 heterocycles. The second-order valence-corrected chi connectivity index (χ2v) is 3.88. The van der Waals surface area contributed by atoms with E-state index in [9.17, 15) is 0 Å². The van der Waals surface area contributed by atoms with E-state index in [1.807, 2.05) is 0 Å². The molecular weight excluding hydrogens is 194 g/mol. The predicted molar refractivity (Wildman–Crippen MR) is 63.0 cm³/mol. The summed E-state index contributed by atoms with van der Waals surface area (Å²) < 4.78 is 0. The van der Waals surface area contributed by atoms with Crippen LogP contribution in [0.5, 0.6) is 0 Å². The van der Waals surface area contributed by atoms with E-state index in [-0.39, 0.29) is 12.4 Å². The van der Waals surface area contributed by atoms with Crippen molar-refractivity contribution in [3.8, 4) is 0 Å². The smallest absolute Gasteiger partial charge is 0.00462 e. The maximum absolute atomic E-state index is 3.40. The number of hydrogen-bond donors (Lipinski definition) is 1. The molecular formula is C12H18ClN. The largest absolute Gasteiger partial charge is 0.317 e. The second kappa shape index (κ2) is 6.05. The zero-order valence-corrected chi connectivity index (χ0v) is 9.22. The number of piperidine rings is 1. The minimum absolute atomic E-state index is 0. The van der Waals surface area contributed by atoms with Gasteiger partial charge in [-0.05, 0) is 43.8 Å². The first-order valence-electron chi connectivity index (χ1n) is 5.20. The molecule has 0 amide bonds. The van der Waals surface area contributed by atoms with Crippen molar-refractivity contribution < 1.29 is 0 Å². The fraction of sp³-hybridized carbons (Fsp3) is 0.500. The summed E-state index contributed by atoms with van der Waals surface area (Å²) >= 11 is 0. The summed E-state index contributed by atoms with van der Waals surface area (Å²) in [5, 5.41) is 3.40. The van der Waals surface area contributed by atoms with Gasteiger partial charge in [0.15, 0.2) is 0 Å². The lowest BCUT2D eigenvalue weighted by Gasteiger charge is -2.22. The maximum atomic E-state index is 3.40. The van der Waals surface area contributed by atoms with Gasteiger partial charge in [-0.25, -0.2) is 0 Å². The van der Waals surface area contributed by atoms with Crippen LogP contribution in [-0.4, -0.2) is 13.1 Å². The molecule has 0 unspecified atom stereocenters. The molecule has 1 saturated heterocycles. The highest BCUT2D eigenvalue weighted by atomic mass is 35.5. The fourth-order valence-electron chi connectivity index (χ4n) is 2.03. The molecule has 0 aromatic heterocycles. The molecule has 1 aromatic carbocycles. The first kappa shape index (κ1) is 11.5. The highest BCUT2D eigenvalue weighted by Crippen LogP contribution is 2.17. The third-order valence-corrected chi connectivity index (χ3v) is 2.83. The van der Waals surface area contributed by atoms with Crippen LogP contribution in [0, 0.1) is 5.92 Å². The van der Waals surface area contributed by atoms with E-state index in [4.69, 9.17) is 0 Å². The van der Waals surface area contributed by atoms with Crippen LogP contribution in [0.25, 0.3) is 0 Å². The summed E-state index contributed by atoms with van der Waals surface area (Å²) in [7, 11) is 0. The molecule has 1 nitrogen and oxygen atoms in total. The molecule has 1 fully saturated rings. The van der Waals surface area contributed by atoms with Crippen molar-refractivity contribution in [2.24, 2.45) is 5.92 Å². The van der Waals surface area contributed by atoms with Gasteiger partial charge in [0.2, 0.25) is 0 Å². The van der Waals surface area contributed by atoms with Crippen LogP contribution in [0.3, 0.4) is 0 Å². The number of nitrogens with one attached hydrogen (secondary N) is 1. The Labute approximate surface area is 92.3 Å². The summed E-state index contributed by atoms with van der Waals surface area (Å²) in [5.74, 6) is 0.906. The van der Waals surface area contributed by atoms with E-state index in [0.717, 1.165) is 5.92 Å². The monoisotopic (exact) mass is 211 g/mol. The van der Waals surface area contributed by atoms with E-state index in [1.165, 1.54) is 37.9 Å². The summed E-state index contributed by atoms with van der Waals surface area (Å²) in [5.41, 5.74) is 1.49. The van der Waals surface area contributed by atoms with Crippen LogP contribution < -0.4 is 5.32 Å². The minimum Gasteiger partial charge on any atom is -0.317 e. The normalized spacial score (nSPS) is 17.4. The molecule has 1 aliphatic rings. The lowest BCUT2D eigenvalue weighted by Crippen LogP contribution is -2.28. The molecule has 0 saturated carbocycles. The van der Waals surface area contributed by atoms with E-state index >= 15 is 0 Å². The van der Waals surface area contributed by atoms with Gasteiger partial charge in [-0.15, -0.1) is 12.4 Å². The molecule has 0 atom stereocenters. The molecule has 0 spiro atoms. The van der Waals surface area contributed by atoms with Crippen molar-refractivity contribution in [3.63, 3.8) is 0 Å². The lowest BCUT2D eigenvalue weighted by molar-refractivity contribution is 0.372. The first-order chi connectivity index (χ1) is 6.45. The zero-order chi connectivity index (χ0) is 8.93. The lowest BCUT2D eigenvalue weighted by atomic mass is 9.91. The Balaban J connectivity index is 0.000000980. The molecule has 0 aliphatic carbocycles. The van der Waals surface area contributed by atoms with Crippen LogP contribution >= 0.6 is 12.4 Å². The Morgan fingerprint density at radius 1 is 1.07 bits per heavy atom. The topological polar surface area (TPSA) is 12.0 Å². The van der Waals surface area contributed by atoms with E-state index in [0.29, 0.717) is 0 Å². The van der Waals surface area contributed by atoms with Crippen LogP contribution in [0.2, 0.25) is 0 Å². The van der Waals surface area contributed by atoms with Gasteiger partial charge >= 0.3 is 0 Å². The van der Waals surface area contributed by atoms with Crippen molar-refractivity contribution in [2.75, 3.05) is 13.1 Å². The molecule has 14 heavy (non-hydrogen) atoms. The number of hydrogen-bond acceptors (Lipinski definition) is 1. The summed E-state index contributed by atoms with van der Waals surface area (Å²) in [4.78, 5) is 0. The maximum Gasteiger partial charge on any atom is -0.00462 e. The van der Waals surface area contributed by atoms with E-state index < -0.39 is 0 Å². The van der Waals surface area contributed by atoms with Crippen molar-refractivity contribution in [1.82, 2.24) is 5.32 Å². The quantitative estimate of drug-likeness (QED) is 0.793. The highest BCUT2D eigenvalue weighted by Gasteiger charge is 2.12. The summed E-state index contributed by atoms with van der Waals surface area (Å²) in [6, 6.07) is 10.8. The SMILES string of the molecule is Cl.c1ccc(CC2CCNCC2)cc1. The van der Waals surface area contributed by atoms with Crippen LogP contribution in [0.4, 0.5) is 0 Å². The van der Waals surface area contributed by atoms with Gasteiger partial charge in [0, 0.05) is 0 Å². The van der Waals surface area contributed by atoms with E-state index in [1.54, 1.807) is 0 Å². The third-order valence-electron chi connectivity index (χ3n) is 2.83. The Morgan fingerprint density at radius 2 is 1.71 bits per heavy atom. The number of benzene rings is 1. The standard InChI is InChI=1S/C12H17N.ClH/c1-2-4-11(5-3-1)10-12-6-8-13-9-7-12;/h1-5,12-13H,6-10H2;1H. The summed E-state index contributed by atoms with van der Waals surface area (Å²) in [6.45, 7) is 2.41. The molecule has 0 bridgehead atoms. The molecule has 1 aliphatic heterocycles. The average molecular weight is 212 g/mol. The molecule has 1 N–H and O–H groups in total. The minimum atomic E-state index is 0. The number of halogens is 1. The molecule has 78 valence electrons. The van der Waals surface area contributed by atoms with Gasteiger partial charge in [0.1, 0.15) is 0 Å². The van der Waals surface area contributed by atoms with Crippen LogP contribution in [0.15, 0.2) is 30.3 Å². The average Bonchev–Trinajstić information content (AvgIpc) is 2.21. The van der Waals surface area contributed by atoms with Gasteiger partial charge < -0.3 is 5.32 Å². The van der Waals surface area contributed by atoms with Gasteiger partial charge in [0.25, 0.3) is 0 Å². The van der Waals surface area contributed by atoms with Gasteiger partial charge in [-0.3, -0.25) is 0 Å². The van der Waals surface area contributed by atoms with Crippen LogP contribution in [0.1, 0.15) is 18.4 Å². The predicted octanol–water partition coefficient (Wildman–Crippen LogP) is 2.65. The Hall–Kier alpha value is -0.530. The van der Waals surface area contributed by atoms with Crippen molar-refractivity contribution >= 4 is 12.4 Å². The van der Waals surface area contributed by atoms with Crippen molar-refractivity contribution in [1.29, 1.82) is 0 Å². The summed E-state index contributed by atoms with van der Waals surface area (Å²) in [6.07, 6.45) is 3.95. The Morgan fingerprint density at radius 3 is 2.36 bits per heavy atom. The zero-order valence-electron chi connectivity index (χ0n) is 8.41. The van der Waals surface area contributed by atoms with Gasteiger partial charge in [-0.1, -0.05) is 30.3 Å². The fourth-order valence-corrected chi connectivity index (χ4v) is 2.03. The molecule has 1 aromatic rings. The Kier molecular flexibility index (Phi) is 4.99. The van der Waals surface area contributed by atoms with Gasteiger partial charge in [-0.2, -0.15) is 0 Å². The van der Waals surface area contributed by atoms with E-state index in [2.05, 4.69) is 35.6 Å². The number of rotatable bonds is 2. The van der Waals surface area contributed by atoms with Crippen molar-refractivity contribution in [2.45, 2.75) is 19.3 Å². The van der Waals surface area contributed by atoms with Gasteiger partial charge in [0.05, 0.1) is 0 Å². The van der Waals surface area contributed by atoms with Crippen molar-refractivity contribution in [3.05, 3.63) is 35.9 Å². The van der Waals surface area contributed by atoms with Crippen LogP contribution in [-0.2, 0) is 6.42 Å². The highest BCUT2D eigenvalue weighted by molar-refractivity contribution is 5.85. The third kappa shape index (κ3) is 3.32. The second-order valence-electron chi connectivity index (χ2n) is 3.88. The molecule has 2 rings (SSSR count). The molecule has 2 heteroatoms. The Bertz CT molecular complexity index is 242.